The van der Waals surface area contributed by atoms with Crippen LogP contribution in [0.4, 0.5) is 0 Å². The van der Waals surface area contributed by atoms with Gasteiger partial charge >= 0.3 is 0 Å². The maximum Gasteiger partial charge on any atom is 0.270 e. The fourth-order valence-electron chi connectivity index (χ4n) is 2.30. The second kappa shape index (κ2) is 5.43. The molecule has 0 radical (unpaired) electrons. The van der Waals surface area contributed by atoms with Gasteiger partial charge in [-0.15, -0.1) is 0 Å². The van der Waals surface area contributed by atoms with E-state index in [1.165, 1.54) is 0 Å². The van der Waals surface area contributed by atoms with Gasteiger partial charge in [-0.3, -0.25) is 9.59 Å². The van der Waals surface area contributed by atoms with Crippen molar-refractivity contribution in [2.24, 2.45) is 18.7 Å². The Morgan fingerprint density at radius 3 is 2.63 bits per heavy atom. The topological polar surface area (TPSA) is 68.3 Å². The number of piperidine rings is 1. The molecule has 104 valence electrons. The first-order chi connectivity index (χ1) is 8.91. The standard InChI is InChI=1S/C12H15Cl2N3O2/c1-16-9(5-8(13)10(16)14)12(19)17-4-2-3-7(6-17)11(15)18/h5,7H,2-4,6H2,1H3,(H2,15,18)/t7-/m1/s1. The van der Waals surface area contributed by atoms with E-state index in [-0.39, 0.29) is 17.7 Å². The van der Waals surface area contributed by atoms with Crippen LogP contribution in [0.3, 0.4) is 0 Å². The van der Waals surface area contributed by atoms with Crippen LogP contribution in [0.1, 0.15) is 23.3 Å². The monoisotopic (exact) mass is 303 g/mol. The average Bonchev–Trinajstić information content (AvgIpc) is 2.66. The highest BCUT2D eigenvalue weighted by atomic mass is 35.5. The molecule has 0 aliphatic carbocycles. The second-order valence-corrected chi connectivity index (χ2v) is 5.49. The van der Waals surface area contributed by atoms with Gasteiger partial charge in [0.2, 0.25) is 5.91 Å². The van der Waals surface area contributed by atoms with Gasteiger partial charge in [-0.1, -0.05) is 23.2 Å². The minimum Gasteiger partial charge on any atom is -0.369 e. The molecule has 1 aliphatic rings. The average molecular weight is 304 g/mol. The molecular formula is C12H15Cl2N3O2. The lowest BCUT2D eigenvalue weighted by molar-refractivity contribution is -0.123. The van der Waals surface area contributed by atoms with E-state index in [2.05, 4.69) is 0 Å². The van der Waals surface area contributed by atoms with Gasteiger partial charge in [0.1, 0.15) is 10.8 Å². The molecule has 2 amide bonds. The van der Waals surface area contributed by atoms with E-state index in [1.54, 1.807) is 22.6 Å². The predicted octanol–water partition coefficient (Wildman–Crippen LogP) is 1.67. The van der Waals surface area contributed by atoms with Crippen LogP contribution in [0.5, 0.6) is 0 Å². The van der Waals surface area contributed by atoms with E-state index >= 15 is 0 Å². The number of primary amides is 1. The number of hydrogen-bond acceptors (Lipinski definition) is 2. The molecule has 2 heterocycles. The largest absolute Gasteiger partial charge is 0.369 e. The van der Waals surface area contributed by atoms with Crippen LogP contribution in [-0.4, -0.2) is 34.4 Å². The molecule has 0 unspecified atom stereocenters. The SMILES string of the molecule is Cn1c(C(=O)N2CCC[C@@H](C(N)=O)C2)cc(Cl)c1Cl. The van der Waals surface area contributed by atoms with Crippen molar-refractivity contribution < 1.29 is 9.59 Å². The highest BCUT2D eigenvalue weighted by Gasteiger charge is 2.29. The molecule has 1 fully saturated rings. The van der Waals surface area contributed by atoms with Gasteiger partial charge in [-0.25, -0.2) is 0 Å². The summed E-state index contributed by atoms with van der Waals surface area (Å²) in [5.41, 5.74) is 5.72. The van der Waals surface area contributed by atoms with E-state index < -0.39 is 0 Å². The van der Waals surface area contributed by atoms with Crippen LogP contribution in [0, 0.1) is 5.92 Å². The summed E-state index contributed by atoms with van der Waals surface area (Å²) >= 11 is 11.8. The minimum atomic E-state index is -0.361. The Labute approximate surface area is 121 Å². The maximum atomic E-state index is 12.4. The molecule has 0 bridgehead atoms. The van der Waals surface area contributed by atoms with Crippen molar-refractivity contribution in [3.05, 3.63) is 21.9 Å². The van der Waals surface area contributed by atoms with Crippen molar-refractivity contribution in [2.45, 2.75) is 12.8 Å². The van der Waals surface area contributed by atoms with Crippen LogP contribution < -0.4 is 5.73 Å². The van der Waals surface area contributed by atoms with E-state index in [0.717, 1.165) is 12.8 Å². The molecule has 7 heteroatoms. The maximum absolute atomic E-state index is 12.4. The van der Waals surface area contributed by atoms with E-state index in [0.29, 0.717) is 29.0 Å². The third kappa shape index (κ3) is 2.72. The molecule has 0 aromatic carbocycles. The van der Waals surface area contributed by atoms with Crippen molar-refractivity contribution >= 4 is 35.0 Å². The number of rotatable bonds is 2. The lowest BCUT2D eigenvalue weighted by Gasteiger charge is -2.31. The summed E-state index contributed by atoms with van der Waals surface area (Å²) in [4.78, 5) is 25.2. The van der Waals surface area contributed by atoms with Crippen LogP contribution in [-0.2, 0) is 11.8 Å². The highest BCUT2D eigenvalue weighted by molar-refractivity contribution is 6.41. The lowest BCUT2D eigenvalue weighted by atomic mass is 9.97. The minimum absolute atomic E-state index is 0.178. The van der Waals surface area contributed by atoms with Gasteiger partial charge in [-0.2, -0.15) is 0 Å². The molecule has 1 aromatic heterocycles. The molecule has 0 saturated carbocycles. The summed E-state index contributed by atoms with van der Waals surface area (Å²) in [6, 6.07) is 1.54. The Hall–Kier alpha value is -1.20. The lowest BCUT2D eigenvalue weighted by Crippen LogP contribution is -2.44. The number of carbonyl (C=O) groups is 2. The quantitative estimate of drug-likeness (QED) is 0.903. The molecule has 19 heavy (non-hydrogen) atoms. The smallest absolute Gasteiger partial charge is 0.270 e. The third-order valence-corrected chi connectivity index (χ3v) is 4.29. The summed E-state index contributed by atoms with van der Waals surface area (Å²) in [6.07, 6.45) is 1.50. The van der Waals surface area contributed by atoms with Crippen molar-refractivity contribution in [1.29, 1.82) is 0 Å². The number of nitrogens with two attached hydrogens (primary N) is 1. The Morgan fingerprint density at radius 1 is 1.42 bits per heavy atom. The van der Waals surface area contributed by atoms with Crippen molar-refractivity contribution in [2.75, 3.05) is 13.1 Å². The van der Waals surface area contributed by atoms with Crippen LogP contribution in [0.15, 0.2) is 6.07 Å². The highest BCUT2D eigenvalue weighted by Crippen LogP contribution is 2.27. The predicted molar refractivity (Wildman–Crippen MR) is 73.3 cm³/mol. The van der Waals surface area contributed by atoms with Crippen molar-refractivity contribution in [1.82, 2.24) is 9.47 Å². The Kier molecular flexibility index (Phi) is 4.06. The molecule has 1 aliphatic heterocycles. The van der Waals surface area contributed by atoms with Crippen LogP contribution >= 0.6 is 23.2 Å². The molecule has 2 N–H and O–H groups in total. The van der Waals surface area contributed by atoms with Gasteiger partial charge in [-0.05, 0) is 18.9 Å². The number of amides is 2. The number of aromatic nitrogens is 1. The van der Waals surface area contributed by atoms with E-state index in [4.69, 9.17) is 28.9 Å². The zero-order valence-corrected chi connectivity index (χ0v) is 12.0. The fourth-order valence-corrected chi connectivity index (χ4v) is 2.68. The van der Waals surface area contributed by atoms with Gasteiger partial charge in [0.05, 0.1) is 10.9 Å². The number of halogens is 2. The summed E-state index contributed by atoms with van der Waals surface area (Å²) in [7, 11) is 1.68. The zero-order valence-electron chi connectivity index (χ0n) is 10.5. The molecule has 5 nitrogen and oxygen atoms in total. The van der Waals surface area contributed by atoms with Gasteiger partial charge in [0.25, 0.3) is 5.91 Å². The van der Waals surface area contributed by atoms with E-state index in [1.807, 2.05) is 0 Å². The molecule has 2 rings (SSSR count). The van der Waals surface area contributed by atoms with Crippen LogP contribution in [0.25, 0.3) is 0 Å². The molecular weight excluding hydrogens is 289 g/mol. The van der Waals surface area contributed by atoms with E-state index in [9.17, 15) is 9.59 Å². The Balaban J connectivity index is 2.19. The van der Waals surface area contributed by atoms with Crippen molar-refractivity contribution in [3.8, 4) is 0 Å². The molecule has 1 atom stereocenters. The molecule has 1 aromatic rings. The van der Waals surface area contributed by atoms with Gasteiger partial charge in [0, 0.05) is 20.1 Å². The second-order valence-electron chi connectivity index (χ2n) is 4.72. The van der Waals surface area contributed by atoms with Crippen molar-refractivity contribution in [3.63, 3.8) is 0 Å². The number of carbonyl (C=O) groups excluding carboxylic acids is 2. The zero-order chi connectivity index (χ0) is 14.2. The summed E-state index contributed by atoms with van der Waals surface area (Å²) in [5.74, 6) is -0.813. The molecule has 0 spiro atoms. The third-order valence-electron chi connectivity index (χ3n) is 3.45. The summed E-state index contributed by atoms with van der Waals surface area (Å²) in [6.45, 7) is 0.970. The fraction of sp³-hybridized carbons (Fsp3) is 0.500. The normalized spacial score (nSPS) is 19.5. The number of hydrogen-bond donors (Lipinski definition) is 1. The van der Waals surface area contributed by atoms with Crippen LogP contribution in [0.2, 0.25) is 10.2 Å². The Morgan fingerprint density at radius 2 is 2.11 bits per heavy atom. The summed E-state index contributed by atoms with van der Waals surface area (Å²) < 4.78 is 1.54. The molecule has 1 saturated heterocycles. The van der Waals surface area contributed by atoms with Gasteiger partial charge in [0.15, 0.2) is 0 Å². The Bertz CT molecular complexity index is 527. The number of nitrogens with zero attached hydrogens (tertiary/aromatic N) is 2. The summed E-state index contributed by atoms with van der Waals surface area (Å²) in [5, 5.41) is 0.671. The van der Waals surface area contributed by atoms with Gasteiger partial charge < -0.3 is 15.2 Å². The first-order valence-corrected chi connectivity index (χ1v) is 6.76. The first kappa shape index (κ1) is 14.2. The number of likely N-dealkylation sites (tertiary alicyclic amines) is 1. The first-order valence-electron chi connectivity index (χ1n) is 6.01.